The van der Waals surface area contributed by atoms with E-state index in [-0.39, 0.29) is 24.8 Å². The van der Waals surface area contributed by atoms with Crippen LogP contribution in [0.15, 0.2) is 42.6 Å². The van der Waals surface area contributed by atoms with Crippen molar-refractivity contribution < 1.29 is 23.9 Å². The largest absolute Gasteiger partial charge is 0.495 e. The molecule has 1 aliphatic rings. The number of benzene rings is 1. The van der Waals surface area contributed by atoms with Gasteiger partial charge in [0.05, 0.1) is 31.5 Å². The molecule has 164 valence electrons. The number of amides is 2. The Bertz CT molecular complexity index is 994. The molecule has 31 heavy (non-hydrogen) atoms. The molecule has 1 aliphatic heterocycles. The average molecular weight is 425 g/mol. The van der Waals surface area contributed by atoms with Crippen LogP contribution in [0, 0.1) is 12.8 Å². The van der Waals surface area contributed by atoms with Crippen molar-refractivity contribution in [1.82, 2.24) is 9.88 Å². The molecule has 1 saturated heterocycles. The molecule has 1 aromatic carbocycles. The fraction of sp³-hybridized carbons (Fsp3) is 0.391. The summed E-state index contributed by atoms with van der Waals surface area (Å²) in [5.41, 5.74) is 0.568. The Balaban J connectivity index is 1.90. The Kier molecular flexibility index (Phi) is 6.29. The number of hydrogen-bond donors (Lipinski definition) is 0. The number of ether oxygens (including phenoxy) is 2. The molecule has 8 nitrogen and oxygen atoms in total. The first-order valence-corrected chi connectivity index (χ1v) is 9.96. The molecule has 0 spiro atoms. The number of nitrogens with zero attached hydrogens (tertiary/aromatic N) is 3. The zero-order valence-electron chi connectivity index (χ0n) is 18.4. The molecule has 3 rings (SSSR count). The Morgan fingerprint density at radius 3 is 2.58 bits per heavy atom. The van der Waals surface area contributed by atoms with Gasteiger partial charge in [0.1, 0.15) is 5.75 Å². The zero-order valence-corrected chi connectivity index (χ0v) is 18.4. The first-order chi connectivity index (χ1) is 14.7. The number of esters is 1. The van der Waals surface area contributed by atoms with Crippen LogP contribution in [-0.4, -0.2) is 55.5 Å². The second kappa shape index (κ2) is 8.75. The van der Waals surface area contributed by atoms with E-state index >= 15 is 0 Å². The molecule has 2 aromatic rings. The zero-order chi connectivity index (χ0) is 22.8. The van der Waals surface area contributed by atoms with Gasteiger partial charge in [0.25, 0.3) is 0 Å². The number of aryl methyl sites for hydroxylation is 1. The second-order valence-electron chi connectivity index (χ2n) is 7.76. The third-order valence-corrected chi connectivity index (χ3v) is 5.85. The standard InChI is InChI=1S/C23H27N3O5/c1-15-9-10-18(30-4)17(12-15)26-14-16(13-20(26)27)21(28)25(3)23(2,22(29)31-5)19-8-6-7-11-24-19/h6-12,16H,13-14H2,1-5H3/t16-,23-/m0/s1. The van der Waals surface area contributed by atoms with Crippen molar-refractivity contribution in [1.29, 1.82) is 0 Å². The van der Waals surface area contributed by atoms with E-state index < -0.39 is 17.4 Å². The first kappa shape index (κ1) is 22.3. The Morgan fingerprint density at radius 1 is 1.23 bits per heavy atom. The summed E-state index contributed by atoms with van der Waals surface area (Å²) >= 11 is 0. The average Bonchev–Trinajstić information content (AvgIpc) is 3.18. The number of hydrogen-bond acceptors (Lipinski definition) is 6. The van der Waals surface area contributed by atoms with E-state index in [1.54, 1.807) is 49.4 Å². The molecule has 0 radical (unpaired) electrons. The third kappa shape index (κ3) is 3.97. The maximum absolute atomic E-state index is 13.4. The predicted molar refractivity (Wildman–Crippen MR) is 115 cm³/mol. The molecule has 0 bridgehead atoms. The van der Waals surface area contributed by atoms with Gasteiger partial charge in [0, 0.05) is 26.2 Å². The van der Waals surface area contributed by atoms with E-state index in [1.165, 1.54) is 19.1 Å². The van der Waals surface area contributed by atoms with Crippen LogP contribution in [0.2, 0.25) is 0 Å². The van der Waals surface area contributed by atoms with Crippen LogP contribution in [0.25, 0.3) is 0 Å². The summed E-state index contributed by atoms with van der Waals surface area (Å²) < 4.78 is 10.4. The number of carbonyl (C=O) groups is 3. The third-order valence-electron chi connectivity index (χ3n) is 5.85. The maximum atomic E-state index is 13.4. The van der Waals surface area contributed by atoms with Crippen molar-refractivity contribution in [3.05, 3.63) is 53.9 Å². The van der Waals surface area contributed by atoms with Crippen molar-refractivity contribution in [2.24, 2.45) is 5.92 Å². The molecule has 2 heterocycles. The van der Waals surface area contributed by atoms with Crippen molar-refractivity contribution >= 4 is 23.5 Å². The lowest BCUT2D eigenvalue weighted by Crippen LogP contribution is -2.53. The minimum Gasteiger partial charge on any atom is -0.495 e. The van der Waals surface area contributed by atoms with Gasteiger partial charge in [-0.15, -0.1) is 0 Å². The van der Waals surface area contributed by atoms with Gasteiger partial charge in [0.15, 0.2) is 5.54 Å². The molecule has 2 amide bonds. The van der Waals surface area contributed by atoms with Crippen molar-refractivity contribution in [3.8, 4) is 5.75 Å². The van der Waals surface area contributed by atoms with Crippen LogP contribution in [0.3, 0.4) is 0 Å². The monoisotopic (exact) mass is 425 g/mol. The molecule has 2 atom stereocenters. The smallest absolute Gasteiger partial charge is 0.337 e. The van der Waals surface area contributed by atoms with E-state index in [0.29, 0.717) is 17.1 Å². The maximum Gasteiger partial charge on any atom is 0.337 e. The van der Waals surface area contributed by atoms with Crippen LogP contribution < -0.4 is 9.64 Å². The van der Waals surface area contributed by atoms with Crippen molar-refractivity contribution in [2.75, 3.05) is 32.7 Å². The summed E-state index contributed by atoms with van der Waals surface area (Å²) in [6.07, 6.45) is 1.60. The fourth-order valence-electron chi connectivity index (χ4n) is 3.87. The van der Waals surface area contributed by atoms with E-state index in [9.17, 15) is 14.4 Å². The number of likely N-dealkylation sites (N-methyl/N-ethyl adjacent to an activating group) is 1. The minimum atomic E-state index is -1.43. The summed E-state index contributed by atoms with van der Waals surface area (Å²) in [5, 5.41) is 0. The van der Waals surface area contributed by atoms with E-state index in [2.05, 4.69) is 4.98 Å². The Morgan fingerprint density at radius 2 is 1.97 bits per heavy atom. The number of rotatable bonds is 6. The molecule has 8 heteroatoms. The van der Waals surface area contributed by atoms with Gasteiger partial charge in [-0.2, -0.15) is 0 Å². The highest BCUT2D eigenvalue weighted by atomic mass is 16.5. The lowest BCUT2D eigenvalue weighted by molar-refractivity contribution is -0.162. The van der Waals surface area contributed by atoms with Gasteiger partial charge < -0.3 is 19.3 Å². The van der Waals surface area contributed by atoms with Crippen LogP contribution in [-0.2, 0) is 24.7 Å². The second-order valence-corrected chi connectivity index (χ2v) is 7.76. The van der Waals surface area contributed by atoms with Crippen LogP contribution >= 0.6 is 0 Å². The highest BCUT2D eigenvalue weighted by molar-refractivity contribution is 6.02. The number of carbonyl (C=O) groups excluding carboxylic acids is 3. The van der Waals surface area contributed by atoms with Crippen LogP contribution in [0.1, 0.15) is 24.6 Å². The fourth-order valence-corrected chi connectivity index (χ4v) is 3.87. The molecule has 0 unspecified atom stereocenters. The highest BCUT2D eigenvalue weighted by Gasteiger charge is 2.48. The van der Waals surface area contributed by atoms with Gasteiger partial charge in [-0.1, -0.05) is 12.1 Å². The van der Waals surface area contributed by atoms with Crippen molar-refractivity contribution in [3.63, 3.8) is 0 Å². The Hall–Kier alpha value is -3.42. The SMILES string of the molecule is COC(=O)[C@](C)(c1ccccn1)N(C)C(=O)[C@H]1CC(=O)N(c2cc(C)ccc2OC)C1. The highest BCUT2D eigenvalue weighted by Crippen LogP contribution is 2.36. The summed E-state index contributed by atoms with van der Waals surface area (Å²) in [5.74, 6) is -1.17. The molecule has 0 saturated carbocycles. The molecular formula is C23H27N3O5. The quantitative estimate of drug-likeness (QED) is 0.660. The normalized spacial score (nSPS) is 17.8. The molecule has 0 N–H and O–H groups in total. The summed E-state index contributed by atoms with van der Waals surface area (Å²) in [6.45, 7) is 3.72. The number of methoxy groups -OCH3 is 2. The summed E-state index contributed by atoms with van der Waals surface area (Å²) in [7, 11) is 4.35. The van der Waals surface area contributed by atoms with Crippen LogP contribution in [0.5, 0.6) is 5.75 Å². The molecular weight excluding hydrogens is 398 g/mol. The predicted octanol–water partition coefficient (Wildman–Crippen LogP) is 2.30. The topological polar surface area (TPSA) is 89.0 Å². The van der Waals surface area contributed by atoms with Gasteiger partial charge in [-0.25, -0.2) is 4.79 Å². The van der Waals surface area contributed by atoms with Gasteiger partial charge in [-0.05, 0) is 43.7 Å². The van der Waals surface area contributed by atoms with Gasteiger partial charge >= 0.3 is 5.97 Å². The number of pyridine rings is 1. The van der Waals surface area contributed by atoms with Gasteiger partial charge in [0.2, 0.25) is 11.8 Å². The molecule has 1 fully saturated rings. The van der Waals surface area contributed by atoms with E-state index in [1.807, 2.05) is 19.1 Å². The summed E-state index contributed by atoms with van der Waals surface area (Å²) in [4.78, 5) is 46.1. The van der Waals surface area contributed by atoms with Crippen molar-refractivity contribution in [2.45, 2.75) is 25.8 Å². The number of aromatic nitrogens is 1. The van der Waals surface area contributed by atoms with E-state index in [4.69, 9.17) is 9.47 Å². The minimum absolute atomic E-state index is 0.0414. The lowest BCUT2D eigenvalue weighted by atomic mass is 9.93. The van der Waals surface area contributed by atoms with Crippen LogP contribution in [0.4, 0.5) is 5.69 Å². The molecule has 1 aromatic heterocycles. The summed E-state index contributed by atoms with van der Waals surface area (Å²) in [6, 6.07) is 10.7. The lowest BCUT2D eigenvalue weighted by Gasteiger charge is -2.37. The van der Waals surface area contributed by atoms with E-state index in [0.717, 1.165) is 5.56 Å². The Labute approximate surface area is 181 Å². The van der Waals surface area contributed by atoms with Gasteiger partial charge in [-0.3, -0.25) is 14.6 Å². The first-order valence-electron chi connectivity index (χ1n) is 9.96. The molecule has 0 aliphatic carbocycles. The number of anilines is 1.